The van der Waals surface area contributed by atoms with Gasteiger partial charge in [-0.25, -0.2) is 9.59 Å². The molecule has 2 N–H and O–H groups in total. The van der Waals surface area contributed by atoms with E-state index in [1.807, 2.05) is 6.92 Å². The Labute approximate surface area is 102 Å². The van der Waals surface area contributed by atoms with Gasteiger partial charge in [0.1, 0.15) is 23.2 Å². The van der Waals surface area contributed by atoms with Gasteiger partial charge in [0.25, 0.3) is 0 Å². The van der Waals surface area contributed by atoms with E-state index in [0.29, 0.717) is 5.56 Å². The Morgan fingerprint density at radius 1 is 1.06 bits per heavy atom. The van der Waals surface area contributed by atoms with Gasteiger partial charge in [0.05, 0.1) is 0 Å². The predicted octanol–water partition coefficient (Wildman–Crippen LogP) is 2.65. The van der Waals surface area contributed by atoms with E-state index in [9.17, 15) is 9.59 Å². The number of hydrogen-bond donors (Lipinski definition) is 2. The van der Waals surface area contributed by atoms with Gasteiger partial charge in [-0.2, -0.15) is 0 Å². The summed E-state index contributed by atoms with van der Waals surface area (Å²) in [6.07, 6.45) is 0.945. The molecule has 0 radical (unpaired) electrons. The predicted molar refractivity (Wildman–Crippen MR) is 62.8 cm³/mol. The van der Waals surface area contributed by atoms with Crippen molar-refractivity contribution >= 4 is 11.9 Å². The smallest absolute Gasteiger partial charge is 0.340 e. The molecule has 0 aliphatic heterocycles. The first-order valence-electron chi connectivity index (χ1n) is 5.16. The third-order valence-corrected chi connectivity index (χ3v) is 2.55. The van der Waals surface area contributed by atoms with Crippen molar-refractivity contribution in [2.24, 2.45) is 0 Å². The van der Waals surface area contributed by atoms with Crippen LogP contribution in [-0.4, -0.2) is 22.2 Å². The molecule has 0 fully saturated rings. The van der Waals surface area contributed by atoms with E-state index in [-0.39, 0.29) is 16.9 Å². The van der Waals surface area contributed by atoms with E-state index >= 15 is 0 Å². The van der Waals surface area contributed by atoms with Crippen molar-refractivity contribution < 1.29 is 24.2 Å². The summed E-state index contributed by atoms with van der Waals surface area (Å²) in [4.78, 5) is 22.0. The van der Waals surface area contributed by atoms with Crippen LogP contribution in [-0.2, 0) is 0 Å². The topological polar surface area (TPSA) is 87.7 Å². The second-order valence-electron chi connectivity index (χ2n) is 3.83. The number of carboxylic acids is 2. The number of carbonyl (C=O) groups is 2. The van der Waals surface area contributed by atoms with Crippen molar-refractivity contribution in [2.45, 2.75) is 6.92 Å². The van der Waals surface area contributed by atoms with Crippen LogP contribution in [0.25, 0.3) is 11.3 Å². The van der Waals surface area contributed by atoms with Crippen LogP contribution in [0.15, 0.2) is 34.9 Å². The molecule has 0 saturated carbocycles. The van der Waals surface area contributed by atoms with Gasteiger partial charge in [0.15, 0.2) is 0 Å². The highest BCUT2D eigenvalue weighted by molar-refractivity contribution is 6.05. The van der Waals surface area contributed by atoms with Crippen LogP contribution in [0.2, 0.25) is 0 Å². The maximum atomic E-state index is 11.1. The quantitative estimate of drug-likeness (QED) is 0.869. The molecule has 1 heterocycles. The Hall–Kier alpha value is -2.56. The summed E-state index contributed by atoms with van der Waals surface area (Å²) in [5.41, 5.74) is 0.871. The molecule has 0 aliphatic carbocycles. The largest absolute Gasteiger partial charge is 0.478 e. The molecule has 5 heteroatoms. The van der Waals surface area contributed by atoms with Gasteiger partial charge in [-0.1, -0.05) is 29.8 Å². The molecule has 0 atom stereocenters. The van der Waals surface area contributed by atoms with Gasteiger partial charge in [0.2, 0.25) is 0 Å². The Balaban J connectivity index is 2.61. The van der Waals surface area contributed by atoms with Gasteiger partial charge < -0.3 is 14.6 Å². The van der Waals surface area contributed by atoms with Crippen molar-refractivity contribution in [3.05, 3.63) is 47.2 Å². The number of aryl methyl sites for hydroxylation is 1. The van der Waals surface area contributed by atoms with Crippen LogP contribution < -0.4 is 0 Å². The maximum Gasteiger partial charge on any atom is 0.340 e. The van der Waals surface area contributed by atoms with Crippen LogP contribution in [0.3, 0.4) is 0 Å². The van der Waals surface area contributed by atoms with Crippen molar-refractivity contribution in [3.63, 3.8) is 0 Å². The zero-order chi connectivity index (χ0) is 13.3. The van der Waals surface area contributed by atoms with Crippen LogP contribution >= 0.6 is 0 Å². The number of rotatable bonds is 3. The molecule has 2 rings (SSSR count). The molecular weight excluding hydrogens is 236 g/mol. The van der Waals surface area contributed by atoms with E-state index in [1.54, 1.807) is 24.3 Å². The third kappa shape index (κ3) is 1.98. The minimum Gasteiger partial charge on any atom is -0.478 e. The molecule has 0 aliphatic rings. The molecule has 0 saturated heterocycles. The number of furan rings is 1. The summed E-state index contributed by atoms with van der Waals surface area (Å²) in [7, 11) is 0. The average Bonchev–Trinajstić information content (AvgIpc) is 2.74. The maximum absolute atomic E-state index is 11.1. The molecule has 0 amide bonds. The molecule has 92 valence electrons. The molecule has 0 bridgehead atoms. The summed E-state index contributed by atoms with van der Waals surface area (Å²) >= 11 is 0. The fourth-order valence-corrected chi connectivity index (χ4v) is 1.64. The lowest BCUT2D eigenvalue weighted by atomic mass is 10.0. The van der Waals surface area contributed by atoms with Crippen molar-refractivity contribution in [1.82, 2.24) is 0 Å². The fraction of sp³-hybridized carbons (Fsp3) is 0.0769. The first-order valence-corrected chi connectivity index (χ1v) is 5.16. The zero-order valence-electron chi connectivity index (χ0n) is 9.51. The molecule has 18 heavy (non-hydrogen) atoms. The summed E-state index contributed by atoms with van der Waals surface area (Å²) < 4.78 is 5.08. The van der Waals surface area contributed by atoms with Gasteiger partial charge in [-0.15, -0.1) is 0 Å². The molecule has 0 unspecified atom stereocenters. The highest BCUT2D eigenvalue weighted by Crippen LogP contribution is 2.28. The molecule has 0 spiro atoms. The van der Waals surface area contributed by atoms with E-state index < -0.39 is 11.9 Å². The molecule has 1 aromatic carbocycles. The lowest BCUT2D eigenvalue weighted by Gasteiger charge is -2.00. The highest BCUT2D eigenvalue weighted by atomic mass is 16.4. The number of carboxylic acid groups (broad SMARTS) is 2. The second kappa shape index (κ2) is 4.37. The number of hydrogen-bond acceptors (Lipinski definition) is 3. The van der Waals surface area contributed by atoms with E-state index in [0.717, 1.165) is 11.8 Å². The van der Waals surface area contributed by atoms with Gasteiger partial charge in [0, 0.05) is 5.56 Å². The number of benzene rings is 1. The molecule has 1 aromatic heterocycles. The normalized spacial score (nSPS) is 10.3. The van der Waals surface area contributed by atoms with Gasteiger partial charge in [-0.05, 0) is 6.92 Å². The Morgan fingerprint density at radius 3 is 2.17 bits per heavy atom. The van der Waals surface area contributed by atoms with E-state index in [1.165, 1.54) is 0 Å². The van der Waals surface area contributed by atoms with Gasteiger partial charge >= 0.3 is 11.9 Å². The molecule has 2 aromatic rings. The average molecular weight is 246 g/mol. The van der Waals surface area contributed by atoms with Crippen molar-refractivity contribution in [3.8, 4) is 11.3 Å². The van der Waals surface area contributed by atoms with Crippen LogP contribution in [0.4, 0.5) is 0 Å². The fourth-order valence-electron chi connectivity index (χ4n) is 1.64. The summed E-state index contributed by atoms with van der Waals surface area (Å²) in [5, 5.41) is 18.0. The van der Waals surface area contributed by atoms with E-state index in [4.69, 9.17) is 14.6 Å². The van der Waals surface area contributed by atoms with Crippen LogP contribution in [0.1, 0.15) is 26.3 Å². The first-order chi connectivity index (χ1) is 8.50. The standard InChI is InChI=1S/C13H10O5/c1-7-2-4-8(5-3-7)11-10(13(16)17)9(6-18-11)12(14)15/h2-6H,1H3,(H,14,15)(H,16,17). The Kier molecular flexibility index (Phi) is 2.89. The Morgan fingerprint density at radius 2 is 1.67 bits per heavy atom. The molecule has 5 nitrogen and oxygen atoms in total. The molecular formula is C13H10O5. The van der Waals surface area contributed by atoms with Crippen LogP contribution in [0.5, 0.6) is 0 Å². The lowest BCUT2D eigenvalue weighted by molar-refractivity contribution is 0.0653. The first kappa shape index (κ1) is 11.9. The van der Waals surface area contributed by atoms with Crippen LogP contribution in [0, 0.1) is 6.92 Å². The highest BCUT2D eigenvalue weighted by Gasteiger charge is 2.25. The summed E-state index contributed by atoms with van der Waals surface area (Å²) in [6.45, 7) is 1.90. The lowest BCUT2D eigenvalue weighted by Crippen LogP contribution is -2.05. The monoisotopic (exact) mass is 246 g/mol. The second-order valence-corrected chi connectivity index (χ2v) is 3.83. The SMILES string of the molecule is Cc1ccc(-c2occ(C(=O)O)c2C(=O)O)cc1. The number of aromatic carboxylic acids is 2. The minimum absolute atomic E-state index is 0.0555. The Bertz CT molecular complexity index is 607. The van der Waals surface area contributed by atoms with Crippen molar-refractivity contribution in [1.29, 1.82) is 0 Å². The van der Waals surface area contributed by atoms with Crippen molar-refractivity contribution in [2.75, 3.05) is 0 Å². The van der Waals surface area contributed by atoms with Gasteiger partial charge in [-0.3, -0.25) is 0 Å². The van der Waals surface area contributed by atoms with E-state index in [2.05, 4.69) is 0 Å². The summed E-state index contributed by atoms with van der Waals surface area (Å²) in [5.74, 6) is -2.59. The zero-order valence-corrected chi connectivity index (χ0v) is 9.51. The summed E-state index contributed by atoms with van der Waals surface area (Å²) in [6, 6.07) is 6.96. The minimum atomic E-state index is -1.32. The third-order valence-electron chi connectivity index (χ3n) is 2.55.